The van der Waals surface area contributed by atoms with Crippen LogP contribution >= 0.6 is 11.8 Å². The van der Waals surface area contributed by atoms with Crippen molar-refractivity contribution in [3.63, 3.8) is 0 Å². The maximum atomic E-state index is 12.7. The first-order valence-electron chi connectivity index (χ1n) is 9.42. The fourth-order valence-electron chi connectivity index (χ4n) is 4.24. The Kier molecular flexibility index (Phi) is 5.24. The zero-order chi connectivity index (χ0) is 17.9. The van der Waals surface area contributed by atoms with Crippen LogP contribution in [0.5, 0.6) is 0 Å². The van der Waals surface area contributed by atoms with Crippen molar-refractivity contribution in [2.75, 3.05) is 18.8 Å². The van der Waals surface area contributed by atoms with Gasteiger partial charge in [-0.3, -0.25) is 9.78 Å². The minimum absolute atomic E-state index is 0.229. The molecule has 26 heavy (non-hydrogen) atoms. The number of rotatable bonds is 4. The summed E-state index contributed by atoms with van der Waals surface area (Å²) in [5.41, 5.74) is 0.979. The third kappa shape index (κ3) is 3.63. The van der Waals surface area contributed by atoms with Crippen LogP contribution < -0.4 is 0 Å². The van der Waals surface area contributed by atoms with E-state index in [1.54, 1.807) is 12.4 Å². The molecule has 2 aromatic heterocycles. The molecule has 2 aliphatic rings. The Morgan fingerprint density at radius 3 is 2.73 bits per heavy atom. The molecule has 6 nitrogen and oxygen atoms in total. The predicted octanol–water partition coefficient (Wildman–Crippen LogP) is 3.01. The number of carbonyl (C=O) groups is 1. The average molecular weight is 372 g/mol. The number of carbonyl (C=O) groups excluding carboxylic acids is 1. The lowest BCUT2D eigenvalue weighted by Crippen LogP contribution is -2.45. The lowest BCUT2D eigenvalue weighted by Gasteiger charge is -2.41. The number of piperidine rings is 1. The smallest absolute Gasteiger partial charge is 0.233 e. The van der Waals surface area contributed by atoms with Crippen LogP contribution in [0.1, 0.15) is 32.1 Å². The molecule has 1 amide bonds. The van der Waals surface area contributed by atoms with Gasteiger partial charge in [-0.15, -0.1) is 10.2 Å². The highest BCUT2D eigenvalue weighted by atomic mass is 32.2. The van der Waals surface area contributed by atoms with Gasteiger partial charge in [-0.05, 0) is 36.8 Å². The van der Waals surface area contributed by atoms with Crippen LogP contribution in [0.3, 0.4) is 0 Å². The van der Waals surface area contributed by atoms with E-state index in [1.807, 2.05) is 23.7 Å². The van der Waals surface area contributed by atoms with Crippen LogP contribution in [-0.4, -0.2) is 49.4 Å². The SMILES string of the molecule is Cn1c(SCC(=O)N2CC[C@@H]3CCCC[C@H]3C2)nnc1-c1ccncc1. The number of hydrogen-bond acceptors (Lipinski definition) is 5. The molecule has 1 saturated heterocycles. The number of fused-ring (bicyclic) bond motifs is 1. The lowest BCUT2D eigenvalue weighted by molar-refractivity contribution is -0.131. The summed E-state index contributed by atoms with van der Waals surface area (Å²) in [6.45, 7) is 1.87. The van der Waals surface area contributed by atoms with E-state index >= 15 is 0 Å². The molecule has 0 aromatic carbocycles. The molecule has 0 bridgehead atoms. The van der Waals surface area contributed by atoms with E-state index in [-0.39, 0.29) is 5.91 Å². The van der Waals surface area contributed by atoms with Gasteiger partial charge in [-0.2, -0.15) is 0 Å². The van der Waals surface area contributed by atoms with Crippen LogP contribution in [0.2, 0.25) is 0 Å². The Hall–Kier alpha value is -1.89. The van der Waals surface area contributed by atoms with Gasteiger partial charge in [0.05, 0.1) is 5.75 Å². The molecule has 0 radical (unpaired) electrons. The van der Waals surface area contributed by atoms with E-state index in [1.165, 1.54) is 43.9 Å². The van der Waals surface area contributed by atoms with Gasteiger partial charge in [0.2, 0.25) is 5.91 Å². The minimum Gasteiger partial charge on any atom is -0.342 e. The molecule has 1 saturated carbocycles. The van der Waals surface area contributed by atoms with Crippen LogP contribution in [0.25, 0.3) is 11.4 Å². The quantitative estimate of drug-likeness (QED) is 0.773. The van der Waals surface area contributed by atoms with Crippen molar-refractivity contribution in [3.05, 3.63) is 24.5 Å². The molecule has 1 aliphatic carbocycles. The fraction of sp³-hybridized carbons (Fsp3) is 0.579. The van der Waals surface area contributed by atoms with E-state index in [0.29, 0.717) is 5.75 Å². The molecule has 2 atom stereocenters. The topological polar surface area (TPSA) is 63.9 Å². The van der Waals surface area contributed by atoms with Crippen molar-refractivity contribution >= 4 is 17.7 Å². The number of pyridine rings is 1. The highest BCUT2D eigenvalue weighted by Crippen LogP contribution is 2.36. The predicted molar refractivity (Wildman–Crippen MR) is 102 cm³/mol. The normalized spacial score (nSPS) is 22.9. The lowest BCUT2D eigenvalue weighted by atomic mass is 9.75. The molecule has 3 heterocycles. The van der Waals surface area contributed by atoms with E-state index in [2.05, 4.69) is 20.1 Å². The number of hydrogen-bond donors (Lipinski definition) is 0. The van der Waals surface area contributed by atoms with Gasteiger partial charge >= 0.3 is 0 Å². The fourth-order valence-corrected chi connectivity index (χ4v) is 5.05. The second-order valence-corrected chi connectivity index (χ2v) is 8.27. The van der Waals surface area contributed by atoms with Crippen LogP contribution in [0, 0.1) is 11.8 Å². The second-order valence-electron chi connectivity index (χ2n) is 7.32. The standard InChI is InChI=1S/C19H25N5OS/c1-23-18(15-6-9-20-10-7-15)21-22-19(23)26-13-17(25)24-11-8-14-4-2-3-5-16(14)12-24/h6-7,9-10,14,16H,2-5,8,11-13H2,1H3/t14-,16-/m0/s1. The first-order chi connectivity index (χ1) is 12.7. The molecule has 2 aromatic rings. The molecule has 1 aliphatic heterocycles. The molecule has 4 rings (SSSR count). The Labute approximate surface area is 158 Å². The van der Waals surface area contributed by atoms with E-state index < -0.39 is 0 Å². The molecule has 0 N–H and O–H groups in total. The van der Waals surface area contributed by atoms with Crippen molar-refractivity contribution in [2.45, 2.75) is 37.3 Å². The summed E-state index contributed by atoms with van der Waals surface area (Å²) in [6, 6.07) is 3.83. The van der Waals surface area contributed by atoms with Crippen molar-refractivity contribution in [3.8, 4) is 11.4 Å². The van der Waals surface area contributed by atoms with Gasteiger partial charge in [0.15, 0.2) is 11.0 Å². The Morgan fingerprint density at radius 2 is 1.92 bits per heavy atom. The van der Waals surface area contributed by atoms with Crippen LogP contribution in [-0.2, 0) is 11.8 Å². The Morgan fingerprint density at radius 1 is 1.15 bits per heavy atom. The zero-order valence-electron chi connectivity index (χ0n) is 15.2. The van der Waals surface area contributed by atoms with Gasteiger partial charge in [0.1, 0.15) is 0 Å². The van der Waals surface area contributed by atoms with Crippen molar-refractivity contribution in [2.24, 2.45) is 18.9 Å². The van der Waals surface area contributed by atoms with Gasteiger partial charge < -0.3 is 9.47 Å². The van der Waals surface area contributed by atoms with E-state index in [0.717, 1.165) is 41.5 Å². The summed E-state index contributed by atoms with van der Waals surface area (Å²) in [5.74, 6) is 3.03. The maximum Gasteiger partial charge on any atom is 0.233 e. The van der Waals surface area contributed by atoms with Crippen molar-refractivity contribution in [1.82, 2.24) is 24.6 Å². The molecule has 138 valence electrons. The van der Waals surface area contributed by atoms with Gasteiger partial charge in [0, 0.05) is 38.1 Å². The second kappa shape index (κ2) is 7.78. The maximum absolute atomic E-state index is 12.7. The Balaban J connectivity index is 1.36. The highest BCUT2D eigenvalue weighted by molar-refractivity contribution is 7.99. The summed E-state index contributed by atoms with van der Waals surface area (Å²) >= 11 is 1.48. The number of nitrogens with zero attached hydrogens (tertiary/aromatic N) is 5. The monoisotopic (exact) mass is 371 g/mol. The molecular formula is C19H25N5OS. The first kappa shape index (κ1) is 17.5. The minimum atomic E-state index is 0.229. The number of aromatic nitrogens is 4. The third-order valence-electron chi connectivity index (χ3n) is 5.74. The van der Waals surface area contributed by atoms with E-state index in [9.17, 15) is 4.79 Å². The van der Waals surface area contributed by atoms with Gasteiger partial charge in [0.25, 0.3) is 0 Å². The number of amides is 1. The summed E-state index contributed by atoms with van der Waals surface area (Å²) in [4.78, 5) is 18.8. The van der Waals surface area contributed by atoms with E-state index in [4.69, 9.17) is 0 Å². The Bertz CT molecular complexity index is 763. The molecule has 0 spiro atoms. The highest BCUT2D eigenvalue weighted by Gasteiger charge is 2.32. The van der Waals surface area contributed by atoms with Crippen molar-refractivity contribution in [1.29, 1.82) is 0 Å². The third-order valence-corrected chi connectivity index (χ3v) is 6.75. The summed E-state index contributed by atoms with van der Waals surface area (Å²) in [6.07, 6.45) is 10.0. The average Bonchev–Trinajstić information content (AvgIpc) is 3.07. The molecule has 0 unspecified atom stereocenters. The number of thioether (sulfide) groups is 1. The zero-order valence-corrected chi connectivity index (χ0v) is 16.0. The summed E-state index contributed by atoms with van der Waals surface area (Å²) in [5, 5.41) is 9.31. The summed E-state index contributed by atoms with van der Waals surface area (Å²) in [7, 11) is 1.94. The molecular weight excluding hydrogens is 346 g/mol. The first-order valence-corrected chi connectivity index (χ1v) is 10.4. The van der Waals surface area contributed by atoms with Crippen LogP contribution in [0.15, 0.2) is 29.7 Å². The molecule has 2 fully saturated rings. The van der Waals surface area contributed by atoms with Gasteiger partial charge in [-0.25, -0.2) is 0 Å². The van der Waals surface area contributed by atoms with Crippen molar-refractivity contribution < 1.29 is 4.79 Å². The van der Waals surface area contributed by atoms with Gasteiger partial charge in [-0.1, -0.05) is 31.0 Å². The molecule has 7 heteroatoms. The number of likely N-dealkylation sites (tertiary alicyclic amines) is 1. The summed E-state index contributed by atoms with van der Waals surface area (Å²) < 4.78 is 1.95. The largest absolute Gasteiger partial charge is 0.342 e. The van der Waals surface area contributed by atoms with Crippen LogP contribution in [0.4, 0.5) is 0 Å².